The number of hydrogen-bond acceptors (Lipinski definition) is 3. The molecule has 0 spiro atoms. The van der Waals surface area contributed by atoms with Gasteiger partial charge in [-0.2, -0.15) is 0 Å². The predicted molar refractivity (Wildman–Crippen MR) is 61.4 cm³/mol. The van der Waals surface area contributed by atoms with E-state index >= 15 is 0 Å². The van der Waals surface area contributed by atoms with E-state index in [0.717, 1.165) is 0 Å². The van der Waals surface area contributed by atoms with Crippen LogP contribution in [0.2, 0.25) is 5.02 Å². The summed E-state index contributed by atoms with van der Waals surface area (Å²) in [5.74, 6) is -2.59. The quantitative estimate of drug-likeness (QED) is 0.691. The van der Waals surface area contributed by atoms with Gasteiger partial charge in [0.05, 0.1) is 17.1 Å². The van der Waals surface area contributed by atoms with E-state index in [1.165, 1.54) is 6.07 Å². The van der Waals surface area contributed by atoms with E-state index in [-0.39, 0.29) is 34.9 Å². The fourth-order valence-electron chi connectivity index (χ4n) is 1.54. The molecule has 1 heterocycles. The van der Waals surface area contributed by atoms with Gasteiger partial charge in [0.15, 0.2) is 11.6 Å². The molecule has 1 N–H and O–H groups in total. The molecule has 0 aliphatic carbocycles. The molecule has 0 radical (unpaired) electrons. The van der Waals surface area contributed by atoms with Crippen molar-refractivity contribution in [3.05, 3.63) is 28.5 Å². The Bertz CT molecular complexity index is 613. The first-order valence-electron chi connectivity index (χ1n) is 5.20. The maximum absolute atomic E-state index is 13.5. The lowest BCUT2D eigenvalue weighted by Gasteiger charge is -1.97. The highest BCUT2D eigenvalue weighted by atomic mass is 35.5. The van der Waals surface area contributed by atoms with Crippen LogP contribution in [0.4, 0.5) is 8.78 Å². The zero-order chi connectivity index (χ0) is 13.3. The maximum atomic E-state index is 13.5. The van der Waals surface area contributed by atoms with Crippen molar-refractivity contribution in [3.63, 3.8) is 0 Å². The lowest BCUT2D eigenvalue weighted by molar-refractivity contribution is -0.142. The van der Waals surface area contributed by atoms with Crippen LogP contribution in [0.5, 0.6) is 0 Å². The highest BCUT2D eigenvalue weighted by Crippen LogP contribution is 2.25. The van der Waals surface area contributed by atoms with E-state index in [1.54, 1.807) is 6.92 Å². The van der Waals surface area contributed by atoms with E-state index in [4.69, 9.17) is 16.3 Å². The fraction of sp³-hybridized carbons (Fsp3) is 0.273. The molecule has 0 unspecified atom stereocenters. The number of rotatable bonds is 3. The molecule has 0 saturated carbocycles. The summed E-state index contributed by atoms with van der Waals surface area (Å²) in [6, 6.07) is 1.22. The van der Waals surface area contributed by atoms with Gasteiger partial charge in [0.1, 0.15) is 17.8 Å². The number of ether oxygens (including phenoxy) is 1. The first-order valence-corrected chi connectivity index (χ1v) is 5.58. The summed E-state index contributed by atoms with van der Waals surface area (Å²) in [6.45, 7) is 1.92. The second-order valence-corrected chi connectivity index (χ2v) is 3.96. The highest BCUT2D eigenvalue weighted by Gasteiger charge is 2.17. The van der Waals surface area contributed by atoms with Crippen molar-refractivity contribution in [3.8, 4) is 0 Å². The Hall–Kier alpha value is -1.69. The number of hydrogen-bond donors (Lipinski definition) is 1. The van der Waals surface area contributed by atoms with Crippen LogP contribution in [0.3, 0.4) is 0 Å². The number of H-pyrrole nitrogens is 1. The van der Waals surface area contributed by atoms with E-state index in [0.29, 0.717) is 0 Å². The van der Waals surface area contributed by atoms with Crippen LogP contribution in [0.1, 0.15) is 12.7 Å². The lowest BCUT2D eigenvalue weighted by atomic mass is 10.3. The van der Waals surface area contributed by atoms with Gasteiger partial charge < -0.3 is 9.72 Å². The van der Waals surface area contributed by atoms with Crippen molar-refractivity contribution < 1.29 is 18.3 Å². The Labute approximate surface area is 106 Å². The molecule has 0 aliphatic rings. The Kier molecular flexibility index (Phi) is 3.47. The van der Waals surface area contributed by atoms with Crippen molar-refractivity contribution in [2.45, 2.75) is 13.3 Å². The molecule has 2 aromatic rings. The van der Waals surface area contributed by atoms with E-state index < -0.39 is 17.6 Å². The van der Waals surface area contributed by atoms with Gasteiger partial charge in [-0.1, -0.05) is 11.6 Å². The first kappa shape index (κ1) is 12.8. The van der Waals surface area contributed by atoms with Crippen molar-refractivity contribution >= 4 is 28.6 Å². The number of benzene rings is 1. The SMILES string of the molecule is CCOC(=O)Cc1nc2c(F)c(F)c(Cl)cc2[nH]1. The van der Waals surface area contributed by atoms with Crippen LogP contribution in [0.15, 0.2) is 6.07 Å². The fourth-order valence-corrected chi connectivity index (χ4v) is 1.73. The van der Waals surface area contributed by atoms with Crippen LogP contribution >= 0.6 is 11.6 Å². The molecule has 0 fully saturated rings. The third kappa shape index (κ3) is 2.28. The summed E-state index contributed by atoms with van der Waals surface area (Å²) in [4.78, 5) is 17.7. The van der Waals surface area contributed by atoms with E-state index in [2.05, 4.69) is 9.97 Å². The van der Waals surface area contributed by atoms with Gasteiger partial charge in [-0.3, -0.25) is 4.79 Å². The van der Waals surface area contributed by atoms with Crippen molar-refractivity contribution in [1.82, 2.24) is 9.97 Å². The lowest BCUT2D eigenvalue weighted by Crippen LogP contribution is -2.08. The van der Waals surface area contributed by atoms with Crippen LogP contribution in [-0.4, -0.2) is 22.5 Å². The molecular formula is C11H9ClF2N2O2. The number of carbonyl (C=O) groups is 1. The number of fused-ring (bicyclic) bond motifs is 1. The first-order chi connectivity index (χ1) is 8.52. The molecule has 0 aliphatic heterocycles. The second-order valence-electron chi connectivity index (χ2n) is 3.55. The molecule has 0 amide bonds. The number of esters is 1. The number of carbonyl (C=O) groups excluding carboxylic acids is 1. The molecule has 0 atom stereocenters. The van der Waals surface area contributed by atoms with Crippen LogP contribution in [0, 0.1) is 11.6 Å². The minimum Gasteiger partial charge on any atom is -0.466 e. The number of nitrogens with zero attached hydrogens (tertiary/aromatic N) is 1. The van der Waals surface area contributed by atoms with Crippen LogP contribution in [-0.2, 0) is 16.0 Å². The van der Waals surface area contributed by atoms with E-state index in [9.17, 15) is 13.6 Å². The minimum atomic E-state index is -1.15. The van der Waals surface area contributed by atoms with Crippen molar-refractivity contribution in [2.24, 2.45) is 0 Å². The number of aromatic nitrogens is 2. The van der Waals surface area contributed by atoms with Gasteiger partial charge in [0, 0.05) is 0 Å². The largest absolute Gasteiger partial charge is 0.466 e. The molecule has 1 aromatic carbocycles. The zero-order valence-corrected chi connectivity index (χ0v) is 10.1. The molecular weight excluding hydrogens is 266 g/mol. The van der Waals surface area contributed by atoms with Gasteiger partial charge >= 0.3 is 5.97 Å². The van der Waals surface area contributed by atoms with Gasteiger partial charge in [-0.25, -0.2) is 13.8 Å². The Morgan fingerprint density at radius 1 is 1.50 bits per heavy atom. The Balaban J connectivity index is 2.39. The number of nitrogens with one attached hydrogen (secondary N) is 1. The third-order valence-electron chi connectivity index (χ3n) is 2.28. The summed E-state index contributed by atoms with van der Waals surface area (Å²) < 4.78 is 31.4. The number of imidazole rings is 1. The van der Waals surface area contributed by atoms with Gasteiger partial charge in [0.25, 0.3) is 0 Å². The van der Waals surface area contributed by atoms with Crippen molar-refractivity contribution in [2.75, 3.05) is 6.61 Å². The maximum Gasteiger partial charge on any atom is 0.313 e. The zero-order valence-electron chi connectivity index (χ0n) is 9.39. The standard InChI is InChI=1S/C11H9ClF2N2O2/c1-2-18-8(17)4-7-15-6-3-5(12)9(13)10(14)11(6)16-7/h3H,2,4H2,1H3,(H,15,16). The average molecular weight is 275 g/mol. The second kappa shape index (κ2) is 4.89. The van der Waals surface area contributed by atoms with Crippen LogP contribution in [0.25, 0.3) is 11.0 Å². The Morgan fingerprint density at radius 2 is 2.22 bits per heavy atom. The number of halogens is 3. The monoisotopic (exact) mass is 274 g/mol. The molecule has 4 nitrogen and oxygen atoms in total. The molecule has 2 rings (SSSR count). The summed E-state index contributed by atoms with van der Waals surface area (Å²) in [7, 11) is 0. The van der Waals surface area contributed by atoms with Gasteiger partial charge in [-0.15, -0.1) is 0 Å². The molecule has 1 aromatic heterocycles. The molecule has 0 bridgehead atoms. The third-order valence-corrected chi connectivity index (χ3v) is 2.55. The van der Waals surface area contributed by atoms with Gasteiger partial charge in [0.2, 0.25) is 0 Å². The average Bonchev–Trinajstić information content (AvgIpc) is 2.69. The molecule has 18 heavy (non-hydrogen) atoms. The van der Waals surface area contributed by atoms with Crippen LogP contribution < -0.4 is 0 Å². The molecule has 7 heteroatoms. The summed E-state index contributed by atoms with van der Waals surface area (Å²) in [5.41, 5.74) is 0.0504. The number of aromatic amines is 1. The topological polar surface area (TPSA) is 55.0 Å². The summed E-state index contributed by atoms with van der Waals surface area (Å²) in [5, 5.41) is -0.341. The van der Waals surface area contributed by atoms with E-state index in [1.807, 2.05) is 0 Å². The van der Waals surface area contributed by atoms with Gasteiger partial charge in [-0.05, 0) is 13.0 Å². The van der Waals surface area contributed by atoms with Crippen molar-refractivity contribution in [1.29, 1.82) is 0 Å². The summed E-state index contributed by atoms with van der Waals surface area (Å²) >= 11 is 5.50. The smallest absolute Gasteiger partial charge is 0.313 e. The molecule has 96 valence electrons. The molecule has 0 saturated heterocycles. The predicted octanol–water partition coefficient (Wildman–Crippen LogP) is 2.60. The highest BCUT2D eigenvalue weighted by molar-refractivity contribution is 6.31. The Morgan fingerprint density at radius 3 is 2.89 bits per heavy atom. The minimum absolute atomic E-state index is 0.138. The summed E-state index contributed by atoms with van der Waals surface area (Å²) in [6.07, 6.45) is -0.138. The normalized spacial score (nSPS) is 10.9.